The summed E-state index contributed by atoms with van der Waals surface area (Å²) in [7, 11) is 0. The third-order valence-electron chi connectivity index (χ3n) is 3.78. The molecule has 7 heteroatoms. The van der Waals surface area contributed by atoms with Crippen molar-refractivity contribution in [1.82, 2.24) is 5.32 Å². The van der Waals surface area contributed by atoms with E-state index in [9.17, 15) is 9.59 Å². The van der Waals surface area contributed by atoms with E-state index in [4.69, 9.17) is 21.1 Å². The number of rotatable bonds is 6. The highest BCUT2D eigenvalue weighted by Crippen LogP contribution is 2.32. The SMILES string of the molecule is O=C(Cc1ccc(Cl)cc1)NCCC(=O)Nc1ccc2c(c1)OCCO2. The molecule has 0 unspecified atom stereocenters. The van der Waals surface area contributed by atoms with Crippen molar-refractivity contribution >= 4 is 29.1 Å². The van der Waals surface area contributed by atoms with Crippen molar-refractivity contribution in [3.8, 4) is 11.5 Å². The van der Waals surface area contributed by atoms with Crippen LogP contribution in [0.1, 0.15) is 12.0 Å². The number of hydrogen-bond acceptors (Lipinski definition) is 4. The van der Waals surface area contributed by atoms with Gasteiger partial charge >= 0.3 is 0 Å². The lowest BCUT2D eigenvalue weighted by Crippen LogP contribution is -2.28. The minimum absolute atomic E-state index is 0.139. The van der Waals surface area contributed by atoms with Gasteiger partial charge in [0.1, 0.15) is 13.2 Å². The minimum atomic E-state index is -0.187. The van der Waals surface area contributed by atoms with Gasteiger partial charge in [0, 0.05) is 29.7 Å². The van der Waals surface area contributed by atoms with Crippen LogP contribution in [0.2, 0.25) is 5.02 Å². The van der Waals surface area contributed by atoms with E-state index in [1.807, 2.05) is 0 Å². The quantitative estimate of drug-likeness (QED) is 0.815. The summed E-state index contributed by atoms with van der Waals surface area (Å²) in [5, 5.41) is 6.15. The molecule has 26 heavy (non-hydrogen) atoms. The van der Waals surface area contributed by atoms with Gasteiger partial charge in [0.15, 0.2) is 11.5 Å². The maximum Gasteiger partial charge on any atom is 0.226 e. The summed E-state index contributed by atoms with van der Waals surface area (Å²) in [5.41, 5.74) is 1.50. The molecule has 2 aromatic rings. The molecule has 136 valence electrons. The monoisotopic (exact) mass is 374 g/mol. The van der Waals surface area contributed by atoms with Gasteiger partial charge < -0.3 is 20.1 Å². The van der Waals surface area contributed by atoms with Gasteiger partial charge in [0.05, 0.1) is 6.42 Å². The van der Waals surface area contributed by atoms with E-state index < -0.39 is 0 Å². The van der Waals surface area contributed by atoms with Crippen LogP contribution in [-0.4, -0.2) is 31.6 Å². The van der Waals surface area contributed by atoms with E-state index in [-0.39, 0.29) is 31.2 Å². The molecule has 0 spiro atoms. The lowest BCUT2D eigenvalue weighted by molar-refractivity contribution is -0.120. The summed E-state index contributed by atoms with van der Waals surface area (Å²) in [6, 6.07) is 12.3. The Morgan fingerprint density at radius 2 is 1.69 bits per heavy atom. The van der Waals surface area contributed by atoms with E-state index in [0.717, 1.165) is 5.56 Å². The zero-order chi connectivity index (χ0) is 18.4. The Bertz CT molecular complexity index is 793. The van der Waals surface area contributed by atoms with Crippen molar-refractivity contribution in [1.29, 1.82) is 0 Å². The van der Waals surface area contributed by atoms with Crippen LogP contribution in [0.4, 0.5) is 5.69 Å². The number of benzene rings is 2. The average molecular weight is 375 g/mol. The van der Waals surface area contributed by atoms with E-state index in [2.05, 4.69) is 10.6 Å². The Hall–Kier alpha value is -2.73. The number of hydrogen-bond donors (Lipinski definition) is 2. The molecule has 0 fully saturated rings. The second-order valence-electron chi connectivity index (χ2n) is 5.81. The summed E-state index contributed by atoms with van der Waals surface area (Å²) >= 11 is 5.81. The third-order valence-corrected chi connectivity index (χ3v) is 4.03. The van der Waals surface area contributed by atoms with E-state index >= 15 is 0 Å². The molecule has 0 saturated carbocycles. The maximum absolute atomic E-state index is 12.0. The molecule has 0 atom stereocenters. The molecule has 6 nitrogen and oxygen atoms in total. The van der Waals surface area contributed by atoms with Gasteiger partial charge in [-0.25, -0.2) is 0 Å². The average Bonchev–Trinajstić information content (AvgIpc) is 2.63. The predicted molar refractivity (Wildman–Crippen MR) is 98.8 cm³/mol. The summed E-state index contributed by atoms with van der Waals surface area (Å²) in [6.07, 6.45) is 0.432. The fourth-order valence-corrected chi connectivity index (χ4v) is 2.64. The molecule has 0 bridgehead atoms. The topological polar surface area (TPSA) is 76.7 Å². The van der Waals surface area contributed by atoms with Crippen LogP contribution in [0.15, 0.2) is 42.5 Å². The number of ether oxygens (including phenoxy) is 2. The van der Waals surface area contributed by atoms with Gasteiger partial charge in [-0.3, -0.25) is 9.59 Å². The normalized spacial score (nSPS) is 12.3. The highest BCUT2D eigenvalue weighted by atomic mass is 35.5. The zero-order valence-corrected chi connectivity index (χ0v) is 14.8. The molecule has 0 aliphatic carbocycles. The standard InChI is InChI=1S/C19H19ClN2O4/c20-14-3-1-13(2-4-14)11-19(24)21-8-7-18(23)22-15-5-6-16-17(12-15)26-10-9-25-16/h1-6,12H,7-11H2,(H,21,24)(H,22,23). The Morgan fingerprint density at radius 3 is 2.46 bits per heavy atom. The smallest absolute Gasteiger partial charge is 0.226 e. The Morgan fingerprint density at radius 1 is 0.962 bits per heavy atom. The molecule has 1 heterocycles. The number of nitrogens with one attached hydrogen (secondary N) is 2. The molecule has 1 aliphatic rings. The van der Waals surface area contributed by atoms with Crippen molar-refractivity contribution in [3.05, 3.63) is 53.1 Å². The van der Waals surface area contributed by atoms with Gasteiger partial charge in [-0.15, -0.1) is 0 Å². The first-order valence-electron chi connectivity index (χ1n) is 8.31. The third kappa shape index (κ3) is 5.13. The van der Waals surface area contributed by atoms with Crippen molar-refractivity contribution < 1.29 is 19.1 Å². The first-order chi connectivity index (χ1) is 12.6. The molecule has 0 aromatic heterocycles. The molecule has 2 aromatic carbocycles. The Kier molecular flexibility index (Phi) is 5.96. The highest BCUT2D eigenvalue weighted by molar-refractivity contribution is 6.30. The van der Waals surface area contributed by atoms with Crippen LogP contribution in [0.5, 0.6) is 11.5 Å². The van der Waals surface area contributed by atoms with Crippen LogP contribution in [-0.2, 0) is 16.0 Å². The molecule has 2 amide bonds. The van der Waals surface area contributed by atoms with Gasteiger partial charge in [0.25, 0.3) is 0 Å². The molecule has 3 rings (SSSR count). The Labute approximate surface area is 156 Å². The number of carbonyl (C=O) groups excluding carboxylic acids is 2. The van der Waals surface area contributed by atoms with Gasteiger partial charge in [-0.1, -0.05) is 23.7 Å². The number of fused-ring (bicyclic) bond motifs is 1. The van der Waals surface area contributed by atoms with E-state index in [1.165, 1.54) is 0 Å². The summed E-state index contributed by atoms with van der Waals surface area (Å²) < 4.78 is 10.9. The maximum atomic E-state index is 12.0. The molecule has 1 aliphatic heterocycles. The van der Waals surface area contributed by atoms with Crippen LogP contribution >= 0.6 is 11.6 Å². The zero-order valence-electron chi connectivity index (χ0n) is 14.1. The fraction of sp³-hybridized carbons (Fsp3) is 0.263. The number of halogens is 1. The molecular weight excluding hydrogens is 356 g/mol. The molecule has 2 N–H and O–H groups in total. The van der Waals surface area contributed by atoms with Gasteiger partial charge in [-0.05, 0) is 29.8 Å². The Balaban J connectivity index is 1.41. The number of carbonyl (C=O) groups is 2. The van der Waals surface area contributed by atoms with Crippen LogP contribution < -0.4 is 20.1 Å². The van der Waals surface area contributed by atoms with Crippen molar-refractivity contribution in [2.24, 2.45) is 0 Å². The molecule has 0 radical (unpaired) electrons. The van der Waals surface area contributed by atoms with E-state index in [0.29, 0.717) is 35.4 Å². The van der Waals surface area contributed by atoms with Gasteiger partial charge in [0.2, 0.25) is 11.8 Å². The first kappa shape index (κ1) is 18.1. The second kappa shape index (κ2) is 8.58. The minimum Gasteiger partial charge on any atom is -0.486 e. The number of anilines is 1. The highest BCUT2D eigenvalue weighted by Gasteiger charge is 2.13. The largest absolute Gasteiger partial charge is 0.486 e. The summed E-state index contributed by atoms with van der Waals surface area (Å²) in [5.74, 6) is 0.960. The van der Waals surface area contributed by atoms with E-state index in [1.54, 1.807) is 42.5 Å². The first-order valence-corrected chi connectivity index (χ1v) is 8.68. The van der Waals surface area contributed by atoms with Gasteiger partial charge in [-0.2, -0.15) is 0 Å². The van der Waals surface area contributed by atoms with Crippen LogP contribution in [0.25, 0.3) is 0 Å². The lowest BCUT2D eigenvalue weighted by Gasteiger charge is -2.19. The number of amides is 2. The summed E-state index contributed by atoms with van der Waals surface area (Å²) in [4.78, 5) is 23.9. The predicted octanol–water partition coefficient (Wildman–Crippen LogP) is 2.80. The second-order valence-corrected chi connectivity index (χ2v) is 6.25. The summed E-state index contributed by atoms with van der Waals surface area (Å²) in [6.45, 7) is 1.28. The fourth-order valence-electron chi connectivity index (χ4n) is 2.51. The molecular formula is C19H19ClN2O4. The van der Waals surface area contributed by atoms with Crippen LogP contribution in [0, 0.1) is 0 Å². The lowest BCUT2D eigenvalue weighted by atomic mass is 10.1. The van der Waals surface area contributed by atoms with Crippen molar-refractivity contribution in [2.45, 2.75) is 12.8 Å². The van der Waals surface area contributed by atoms with Crippen molar-refractivity contribution in [2.75, 3.05) is 25.1 Å². The van der Waals surface area contributed by atoms with Crippen LogP contribution in [0.3, 0.4) is 0 Å². The molecule has 0 saturated heterocycles. The van der Waals surface area contributed by atoms with Crippen molar-refractivity contribution in [3.63, 3.8) is 0 Å².